The van der Waals surface area contributed by atoms with Crippen LogP contribution in [0.5, 0.6) is 0 Å². The molecular formula is C26H28F3N9O2. The van der Waals surface area contributed by atoms with Crippen LogP contribution in [0.3, 0.4) is 0 Å². The van der Waals surface area contributed by atoms with E-state index in [0.29, 0.717) is 40.6 Å². The Morgan fingerprint density at radius 3 is 2.60 bits per heavy atom. The standard InChI is InChI=1S/C26H28F3N9O2/c1-4-31-21-9-16(23-18(12-33-37(23)3)24-35-32-14-36(24)2)10-22(34-21)38-13-19-17(25(38)40)7-15(11-30-5-6-39)8-20(19)26(27,28)29/h7-10,12,14,30,39H,4-6,11,13H2,1-3H3,(H,31,34). The van der Waals surface area contributed by atoms with Crippen molar-refractivity contribution in [2.75, 3.05) is 29.9 Å². The molecule has 0 bridgehead atoms. The molecule has 0 aliphatic carbocycles. The molecule has 3 aromatic heterocycles. The minimum Gasteiger partial charge on any atom is -0.395 e. The van der Waals surface area contributed by atoms with Crippen LogP contribution >= 0.6 is 0 Å². The number of aliphatic hydroxyl groups is 1. The number of hydrogen-bond acceptors (Lipinski definition) is 8. The lowest BCUT2D eigenvalue weighted by Gasteiger charge is -2.18. The highest BCUT2D eigenvalue weighted by atomic mass is 19.4. The predicted octanol–water partition coefficient (Wildman–Crippen LogP) is 2.97. The number of carbonyl (C=O) groups is 1. The van der Waals surface area contributed by atoms with Crippen LogP contribution < -0.4 is 15.5 Å². The summed E-state index contributed by atoms with van der Waals surface area (Å²) in [6, 6.07) is 5.98. The summed E-state index contributed by atoms with van der Waals surface area (Å²) < 4.78 is 45.7. The van der Waals surface area contributed by atoms with E-state index in [2.05, 4.69) is 30.9 Å². The summed E-state index contributed by atoms with van der Waals surface area (Å²) in [6.45, 7) is 2.28. The van der Waals surface area contributed by atoms with Gasteiger partial charge in [-0.05, 0) is 42.3 Å². The molecule has 0 fully saturated rings. The number of aryl methyl sites for hydroxylation is 2. The minimum absolute atomic E-state index is 0.0202. The molecular weight excluding hydrogens is 527 g/mol. The topological polar surface area (TPSA) is 126 Å². The van der Waals surface area contributed by atoms with Crippen molar-refractivity contribution in [3.63, 3.8) is 0 Å². The molecule has 4 heterocycles. The molecule has 3 N–H and O–H groups in total. The first-order valence-corrected chi connectivity index (χ1v) is 12.6. The maximum Gasteiger partial charge on any atom is 0.416 e. The molecule has 0 saturated heterocycles. The fourth-order valence-corrected chi connectivity index (χ4v) is 4.85. The van der Waals surface area contributed by atoms with Crippen molar-refractivity contribution in [3.05, 3.63) is 59.0 Å². The molecule has 0 atom stereocenters. The lowest BCUT2D eigenvalue weighted by Crippen LogP contribution is -2.24. The Kier molecular flexibility index (Phi) is 7.29. The van der Waals surface area contributed by atoms with Crippen molar-refractivity contribution in [1.82, 2.24) is 34.8 Å². The Morgan fingerprint density at radius 1 is 1.12 bits per heavy atom. The van der Waals surface area contributed by atoms with Gasteiger partial charge in [0.05, 0.1) is 36.2 Å². The number of pyridine rings is 1. The number of aromatic nitrogens is 6. The van der Waals surface area contributed by atoms with Crippen LogP contribution in [0.15, 0.2) is 36.8 Å². The van der Waals surface area contributed by atoms with E-state index in [1.165, 1.54) is 11.0 Å². The highest BCUT2D eigenvalue weighted by molar-refractivity contribution is 6.10. The van der Waals surface area contributed by atoms with Crippen molar-refractivity contribution < 1.29 is 23.1 Å². The highest BCUT2D eigenvalue weighted by Gasteiger charge is 2.41. The van der Waals surface area contributed by atoms with E-state index in [-0.39, 0.29) is 43.2 Å². The molecule has 1 aliphatic heterocycles. The van der Waals surface area contributed by atoms with E-state index < -0.39 is 17.6 Å². The number of nitrogens with one attached hydrogen (secondary N) is 2. The molecule has 1 aromatic carbocycles. The fourth-order valence-electron chi connectivity index (χ4n) is 4.85. The monoisotopic (exact) mass is 555 g/mol. The van der Waals surface area contributed by atoms with Crippen molar-refractivity contribution in [2.45, 2.75) is 26.2 Å². The van der Waals surface area contributed by atoms with Crippen LogP contribution in [0.2, 0.25) is 0 Å². The summed E-state index contributed by atoms with van der Waals surface area (Å²) in [4.78, 5) is 19.4. The number of rotatable bonds is 9. The fraction of sp³-hybridized carbons (Fsp3) is 0.346. The van der Waals surface area contributed by atoms with E-state index in [4.69, 9.17) is 5.11 Å². The third-order valence-corrected chi connectivity index (χ3v) is 6.64. The number of carbonyl (C=O) groups excluding carboxylic acids is 1. The highest BCUT2D eigenvalue weighted by Crippen LogP contribution is 2.40. The molecule has 0 saturated carbocycles. The van der Waals surface area contributed by atoms with E-state index >= 15 is 0 Å². The third-order valence-electron chi connectivity index (χ3n) is 6.64. The molecule has 210 valence electrons. The summed E-state index contributed by atoms with van der Waals surface area (Å²) in [5.74, 6) is 0.657. The largest absolute Gasteiger partial charge is 0.416 e. The number of nitrogens with zero attached hydrogens (tertiary/aromatic N) is 7. The Balaban J connectivity index is 1.60. The van der Waals surface area contributed by atoms with Crippen LogP contribution in [-0.2, 0) is 33.4 Å². The molecule has 14 heteroatoms. The van der Waals surface area contributed by atoms with Crippen LogP contribution in [0.4, 0.5) is 24.8 Å². The lowest BCUT2D eigenvalue weighted by molar-refractivity contribution is -0.138. The van der Waals surface area contributed by atoms with Gasteiger partial charge in [-0.2, -0.15) is 18.3 Å². The smallest absolute Gasteiger partial charge is 0.395 e. The van der Waals surface area contributed by atoms with Crippen LogP contribution in [0, 0.1) is 0 Å². The number of anilines is 2. The molecule has 1 amide bonds. The molecule has 1 aliphatic rings. The quantitative estimate of drug-likeness (QED) is 0.269. The zero-order valence-corrected chi connectivity index (χ0v) is 22.1. The summed E-state index contributed by atoms with van der Waals surface area (Å²) in [6.07, 6.45) is -1.43. The molecule has 11 nitrogen and oxygen atoms in total. The van der Waals surface area contributed by atoms with Gasteiger partial charge in [0.2, 0.25) is 0 Å². The second-order valence-corrected chi connectivity index (χ2v) is 9.38. The van der Waals surface area contributed by atoms with Crippen molar-refractivity contribution in [1.29, 1.82) is 0 Å². The molecule has 0 radical (unpaired) electrons. The Labute approximate surface area is 227 Å². The van der Waals surface area contributed by atoms with Gasteiger partial charge in [-0.15, -0.1) is 10.2 Å². The maximum atomic E-state index is 14.1. The zero-order chi connectivity index (χ0) is 28.6. The average Bonchev–Trinajstić information content (AvgIpc) is 3.60. The Bertz CT molecular complexity index is 1560. The van der Waals surface area contributed by atoms with Gasteiger partial charge >= 0.3 is 6.18 Å². The molecule has 0 unspecified atom stereocenters. The van der Waals surface area contributed by atoms with Gasteiger partial charge in [0.1, 0.15) is 18.0 Å². The van der Waals surface area contributed by atoms with Gasteiger partial charge in [-0.25, -0.2) is 4.98 Å². The average molecular weight is 556 g/mol. The molecule has 40 heavy (non-hydrogen) atoms. The summed E-state index contributed by atoms with van der Waals surface area (Å²) in [5, 5.41) is 27.6. The first-order chi connectivity index (χ1) is 19.1. The number of benzene rings is 1. The zero-order valence-electron chi connectivity index (χ0n) is 22.1. The lowest BCUT2D eigenvalue weighted by atomic mass is 9.99. The van der Waals surface area contributed by atoms with E-state index in [1.807, 2.05) is 6.92 Å². The van der Waals surface area contributed by atoms with E-state index in [0.717, 1.165) is 6.07 Å². The van der Waals surface area contributed by atoms with Gasteiger partial charge in [0, 0.05) is 44.9 Å². The van der Waals surface area contributed by atoms with Crippen molar-refractivity contribution in [2.24, 2.45) is 14.1 Å². The first kappa shape index (κ1) is 27.3. The van der Waals surface area contributed by atoms with E-state index in [1.54, 1.807) is 48.0 Å². The minimum atomic E-state index is -4.66. The van der Waals surface area contributed by atoms with Crippen LogP contribution in [-0.4, -0.2) is 60.2 Å². The Hall–Kier alpha value is -4.30. The van der Waals surface area contributed by atoms with Gasteiger partial charge in [-0.3, -0.25) is 14.4 Å². The summed E-state index contributed by atoms with van der Waals surface area (Å²) in [7, 11) is 3.57. The number of halogens is 3. The first-order valence-electron chi connectivity index (χ1n) is 12.6. The molecule has 0 spiro atoms. The van der Waals surface area contributed by atoms with Crippen LogP contribution in [0.1, 0.15) is 34.0 Å². The van der Waals surface area contributed by atoms with Gasteiger partial charge < -0.3 is 20.3 Å². The van der Waals surface area contributed by atoms with Gasteiger partial charge in [0.25, 0.3) is 5.91 Å². The number of fused-ring (bicyclic) bond motifs is 1. The SMILES string of the molecule is CCNc1cc(-c2c(-c3nncn3C)cnn2C)cc(N2Cc3c(cc(CNCCO)cc3C(F)(F)F)C2=O)n1. The van der Waals surface area contributed by atoms with E-state index in [9.17, 15) is 18.0 Å². The predicted molar refractivity (Wildman–Crippen MR) is 141 cm³/mol. The van der Waals surface area contributed by atoms with Crippen molar-refractivity contribution >= 4 is 17.5 Å². The number of hydrogen-bond donors (Lipinski definition) is 3. The van der Waals surface area contributed by atoms with Crippen molar-refractivity contribution in [3.8, 4) is 22.6 Å². The second kappa shape index (κ2) is 10.7. The summed E-state index contributed by atoms with van der Waals surface area (Å²) >= 11 is 0. The third kappa shape index (κ3) is 5.02. The number of amides is 1. The van der Waals surface area contributed by atoms with Gasteiger partial charge in [-0.1, -0.05) is 0 Å². The number of aliphatic hydroxyl groups excluding tert-OH is 1. The number of alkyl halides is 3. The normalized spacial score (nSPS) is 13.3. The molecule has 4 aromatic rings. The Morgan fingerprint density at radius 2 is 1.93 bits per heavy atom. The van der Waals surface area contributed by atoms with Crippen LogP contribution in [0.25, 0.3) is 22.6 Å². The maximum absolute atomic E-state index is 14.1. The molecule has 5 rings (SSSR count). The summed E-state index contributed by atoms with van der Waals surface area (Å²) in [5.41, 5.74) is 1.34. The van der Waals surface area contributed by atoms with Gasteiger partial charge in [0.15, 0.2) is 5.82 Å². The second-order valence-electron chi connectivity index (χ2n) is 9.38.